The monoisotopic (exact) mass is 352 g/mol. The van der Waals surface area contributed by atoms with Crippen molar-refractivity contribution in [3.05, 3.63) is 82.7 Å². The van der Waals surface area contributed by atoms with E-state index in [4.69, 9.17) is 0 Å². The zero-order chi connectivity index (χ0) is 18.5. The number of carbonyl (C=O) groups is 1. The first-order valence-electron chi connectivity index (χ1n) is 8.07. The van der Waals surface area contributed by atoms with E-state index in [0.29, 0.717) is 17.8 Å². The van der Waals surface area contributed by atoms with E-state index in [-0.39, 0.29) is 17.3 Å². The van der Waals surface area contributed by atoms with Gasteiger partial charge >= 0.3 is 0 Å². The Balaban J connectivity index is 1.78. The molecule has 2 aromatic heterocycles. The summed E-state index contributed by atoms with van der Waals surface area (Å²) in [4.78, 5) is 28.5. The molecular formula is C19H17FN4O2. The fourth-order valence-corrected chi connectivity index (χ4v) is 2.43. The number of aromatic nitrogens is 3. The molecule has 132 valence electrons. The van der Waals surface area contributed by atoms with Gasteiger partial charge in [0.1, 0.15) is 11.9 Å². The van der Waals surface area contributed by atoms with E-state index in [2.05, 4.69) is 15.4 Å². The fraction of sp³-hybridized carbons (Fsp3) is 0.158. The van der Waals surface area contributed by atoms with Crippen molar-refractivity contribution in [3.8, 4) is 11.3 Å². The minimum absolute atomic E-state index is 0.309. The highest BCUT2D eigenvalue weighted by Gasteiger charge is 2.17. The van der Waals surface area contributed by atoms with Gasteiger partial charge in [-0.1, -0.05) is 6.07 Å². The molecule has 0 aliphatic heterocycles. The summed E-state index contributed by atoms with van der Waals surface area (Å²) < 4.78 is 14.2. The normalized spacial score (nSPS) is 11.8. The van der Waals surface area contributed by atoms with Gasteiger partial charge in [0.25, 0.3) is 5.56 Å². The number of nitrogens with zero attached hydrogens (tertiary/aromatic N) is 3. The van der Waals surface area contributed by atoms with Crippen LogP contribution in [0, 0.1) is 5.82 Å². The Labute approximate surface area is 149 Å². The van der Waals surface area contributed by atoms with Crippen molar-refractivity contribution in [1.82, 2.24) is 20.1 Å². The molecule has 3 rings (SSSR count). The molecule has 0 saturated carbocycles. The fourth-order valence-electron chi connectivity index (χ4n) is 2.43. The van der Waals surface area contributed by atoms with Crippen LogP contribution in [-0.2, 0) is 11.3 Å². The highest BCUT2D eigenvalue weighted by Crippen LogP contribution is 2.16. The third-order valence-electron chi connectivity index (χ3n) is 3.90. The smallest absolute Gasteiger partial charge is 0.267 e. The number of pyridine rings is 1. The first kappa shape index (κ1) is 17.5. The Morgan fingerprint density at radius 2 is 1.96 bits per heavy atom. The predicted molar refractivity (Wildman–Crippen MR) is 94.7 cm³/mol. The lowest BCUT2D eigenvalue weighted by Gasteiger charge is -2.15. The molecule has 2 heterocycles. The molecule has 0 spiro atoms. The van der Waals surface area contributed by atoms with Crippen molar-refractivity contribution in [3.63, 3.8) is 0 Å². The summed E-state index contributed by atoms with van der Waals surface area (Å²) in [6.07, 6.45) is 3.31. The van der Waals surface area contributed by atoms with Gasteiger partial charge in [-0.2, -0.15) is 5.10 Å². The van der Waals surface area contributed by atoms with E-state index in [0.717, 1.165) is 10.2 Å². The van der Waals surface area contributed by atoms with Gasteiger partial charge in [0.2, 0.25) is 5.91 Å². The van der Waals surface area contributed by atoms with Gasteiger partial charge in [-0.3, -0.25) is 14.6 Å². The van der Waals surface area contributed by atoms with E-state index >= 15 is 0 Å². The Kier molecular flexibility index (Phi) is 5.17. The summed E-state index contributed by atoms with van der Waals surface area (Å²) >= 11 is 0. The third-order valence-corrected chi connectivity index (χ3v) is 3.90. The number of hydrogen-bond acceptors (Lipinski definition) is 4. The van der Waals surface area contributed by atoms with Crippen LogP contribution in [0.4, 0.5) is 4.39 Å². The summed E-state index contributed by atoms with van der Waals surface area (Å²) in [5.74, 6) is -0.690. The molecule has 1 atom stereocenters. The summed E-state index contributed by atoms with van der Waals surface area (Å²) in [6, 6.07) is 11.5. The van der Waals surface area contributed by atoms with E-state index in [1.54, 1.807) is 43.6 Å². The van der Waals surface area contributed by atoms with Crippen LogP contribution in [0.5, 0.6) is 0 Å². The summed E-state index contributed by atoms with van der Waals surface area (Å²) in [7, 11) is 0. The van der Waals surface area contributed by atoms with Crippen molar-refractivity contribution in [2.75, 3.05) is 0 Å². The Bertz CT molecular complexity index is 955. The molecule has 1 N–H and O–H groups in total. The number of benzene rings is 1. The molecule has 0 aliphatic rings. The van der Waals surface area contributed by atoms with Crippen LogP contribution in [0.15, 0.2) is 65.7 Å². The van der Waals surface area contributed by atoms with E-state index < -0.39 is 6.04 Å². The number of carbonyl (C=O) groups excluding carboxylic acids is 1. The van der Waals surface area contributed by atoms with Crippen LogP contribution >= 0.6 is 0 Å². The maximum Gasteiger partial charge on any atom is 0.267 e. The third kappa shape index (κ3) is 4.00. The second kappa shape index (κ2) is 7.69. The predicted octanol–water partition coefficient (Wildman–Crippen LogP) is 2.32. The second-order valence-electron chi connectivity index (χ2n) is 5.76. The van der Waals surface area contributed by atoms with Crippen molar-refractivity contribution in [1.29, 1.82) is 0 Å². The summed E-state index contributed by atoms with van der Waals surface area (Å²) in [5.41, 5.74) is 1.60. The quantitative estimate of drug-likeness (QED) is 0.764. The molecule has 1 amide bonds. The van der Waals surface area contributed by atoms with E-state index in [1.807, 2.05) is 6.07 Å². The van der Waals surface area contributed by atoms with Crippen LogP contribution in [0.2, 0.25) is 0 Å². The van der Waals surface area contributed by atoms with E-state index in [1.165, 1.54) is 18.2 Å². The van der Waals surface area contributed by atoms with Crippen molar-refractivity contribution >= 4 is 5.91 Å². The molecular weight excluding hydrogens is 335 g/mol. The first-order valence-corrected chi connectivity index (χ1v) is 8.07. The zero-order valence-corrected chi connectivity index (χ0v) is 14.1. The lowest BCUT2D eigenvalue weighted by Crippen LogP contribution is -2.36. The van der Waals surface area contributed by atoms with Gasteiger partial charge in [0.15, 0.2) is 0 Å². The van der Waals surface area contributed by atoms with Gasteiger partial charge in [-0.25, -0.2) is 9.07 Å². The average Bonchev–Trinajstić information content (AvgIpc) is 2.67. The molecule has 0 unspecified atom stereocenters. The molecule has 1 aromatic carbocycles. The molecule has 0 aliphatic carbocycles. The molecule has 6 nitrogen and oxygen atoms in total. The van der Waals surface area contributed by atoms with Gasteiger partial charge < -0.3 is 5.32 Å². The molecule has 3 aromatic rings. The Morgan fingerprint density at radius 3 is 2.65 bits per heavy atom. The largest absolute Gasteiger partial charge is 0.350 e. The number of nitrogens with one attached hydrogen (secondary N) is 1. The lowest BCUT2D eigenvalue weighted by molar-refractivity contribution is -0.124. The molecule has 0 bridgehead atoms. The molecule has 26 heavy (non-hydrogen) atoms. The maximum absolute atomic E-state index is 13.1. The zero-order valence-electron chi connectivity index (χ0n) is 14.1. The van der Waals surface area contributed by atoms with Crippen molar-refractivity contribution < 1.29 is 9.18 Å². The highest BCUT2D eigenvalue weighted by molar-refractivity contribution is 5.79. The van der Waals surface area contributed by atoms with Gasteiger partial charge in [0.05, 0.1) is 5.69 Å². The van der Waals surface area contributed by atoms with Gasteiger partial charge in [-0.05, 0) is 48.9 Å². The highest BCUT2D eigenvalue weighted by atomic mass is 19.1. The van der Waals surface area contributed by atoms with Crippen molar-refractivity contribution in [2.24, 2.45) is 0 Å². The minimum atomic E-state index is -0.792. The SMILES string of the molecule is C[C@H](C(=O)NCc1cccnc1)n1nc(-c2ccc(F)cc2)ccc1=O. The topological polar surface area (TPSA) is 76.9 Å². The van der Waals surface area contributed by atoms with E-state index in [9.17, 15) is 14.0 Å². The van der Waals surface area contributed by atoms with Crippen LogP contribution in [0.25, 0.3) is 11.3 Å². The number of amides is 1. The molecule has 0 fully saturated rings. The number of rotatable bonds is 5. The average molecular weight is 352 g/mol. The van der Waals surface area contributed by atoms with Gasteiger partial charge in [-0.15, -0.1) is 0 Å². The summed E-state index contributed by atoms with van der Waals surface area (Å²) in [5, 5.41) is 7.02. The van der Waals surface area contributed by atoms with Crippen LogP contribution in [0.3, 0.4) is 0 Å². The Hall–Kier alpha value is -3.35. The minimum Gasteiger partial charge on any atom is -0.350 e. The van der Waals surface area contributed by atoms with Crippen LogP contribution in [-0.4, -0.2) is 20.7 Å². The lowest BCUT2D eigenvalue weighted by atomic mass is 10.1. The number of hydrogen-bond donors (Lipinski definition) is 1. The van der Waals surface area contributed by atoms with Crippen molar-refractivity contribution in [2.45, 2.75) is 19.5 Å². The summed E-state index contributed by atoms with van der Waals surface area (Å²) in [6.45, 7) is 1.91. The molecule has 0 radical (unpaired) electrons. The number of halogens is 1. The van der Waals surface area contributed by atoms with Gasteiger partial charge in [0, 0.05) is 30.6 Å². The van der Waals surface area contributed by atoms with Crippen LogP contribution < -0.4 is 10.9 Å². The molecule has 7 heteroatoms. The maximum atomic E-state index is 13.1. The molecule has 0 saturated heterocycles. The second-order valence-corrected chi connectivity index (χ2v) is 5.76. The van der Waals surface area contributed by atoms with Crippen LogP contribution in [0.1, 0.15) is 18.5 Å². The first-order chi connectivity index (χ1) is 12.5. The Morgan fingerprint density at radius 1 is 1.19 bits per heavy atom. The standard InChI is InChI=1S/C19H17FN4O2/c1-13(19(26)22-12-14-3-2-10-21-11-14)24-18(25)9-8-17(23-24)15-4-6-16(20)7-5-15/h2-11,13H,12H2,1H3,(H,22,26)/t13-/m1/s1.